The standard InChI is InChI=1S/C44H28O/c1-3-14-29(15-4-1)32-18-7-8-20-35(32)43-37-22-10-9-21-36(37)42(30-16-5-2-6-17-30)38-27-26-31(28-40(38)43)33-23-13-24-39-34-19-11-12-25-41(34)45-44(33)39/h1-28H. The predicted octanol–water partition coefficient (Wildman–Crippen LogP) is 12.6. The van der Waals surface area contributed by atoms with Gasteiger partial charge in [0.25, 0.3) is 0 Å². The van der Waals surface area contributed by atoms with Gasteiger partial charge in [-0.05, 0) is 72.6 Å². The molecule has 1 heterocycles. The zero-order valence-electron chi connectivity index (χ0n) is 24.6. The van der Waals surface area contributed by atoms with Crippen LogP contribution in [0.15, 0.2) is 174 Å². The number of fused-ring (bicyclic) bond motifs is 5. The second-order valence-corrected chi connectivity index (χ2v) is 11.6. The summed E-state index contributed by atoms with van der Waals surface area (Å²) in [6.45, 7) is 0. The first-order chi connectivity index (χ1) is 22.3. The van der Waals surface area contributed by atoms with Crippen LogP contribution in [-0.2, 0) is 0 Å². The Morgan fingerprint density at radius 1 is 0.289 bits per heavy atom. The molecule has 0 fully saturated rings. The molecular formula is C44H28O. The topological polar surface area (TPSA) is 13.1 Å². The Labute approximate surface area is 261 Å². The highest BCUT2D eigenvalue weighted by molar-refractivity contribution is 6.23. The number of hydrogen-bond acceptors (Lipinski definition) is 1. The van der Waals surface area contributed by atoms with Crippen LogP contribution in [0.5, 0.6) is 0 Å². The van der Waals surface area contributed by atoms with Crippen molar-refractivity contribution >= 4 is 43.5 Å². The zero-order valence-corrected chi connectivity index (χ0v) is 24.6. The first-order valence-electron chi connectivity index (χ1n) is 15.4. The van der Waals surface area contributed by atoms with E-state index in [0.29, 0.717) is 0 Å². The van der Waals surface area contributed by atoms with E-state index < -0.39 is 0 Å². The summed E-state index contributed by atoms with van der Waals surface area (Å²) < 4.78 is 6.51. The summed E-state index contributed by atoms with van der Waals surface area (Å²) in [7, 11) is 0. The van der Waals surface area contributed by atoms with E-state index >= 15 is 0 Å². The maximum atomic E-state index is 6.51. The maximum Gasteiger partial charge on any atom is 0.143 e. The van der Waals surface area contributed by atoms with Crippen molar-refractivity contribution in [3.8, 4) is 44.5 Å². The third-order valence-electron chi connectivity index (χ3n) is 9.08. The number of benzene rings is 8. The minimum absolute atomic E-state index is 0.913. The summed E-state index contributed by atoms with van der Waals surface area (Å²) in [4.78, 5) is 0. The molecule has 0 N–H and O–H groups in total. The van der Waals surface area contributed by atoms with Gasteiger partial charge in [0.2, 0.25) is 0 Å². The van der Waals surface area contributed by atoms with Crippen LogP contribution in [0.25, 0.3) is 88.0 Å². The average molecular weight is 573 g/mol. The van der Waals surface area contributed by atoms with Gasteiger partial charge in [0.15, 0.2) is 0 Å². The first-order valence-corrected chi connectivity index (χ1v) is 15.4. The van der Waals surface area contributed by atoms with E-state index in [1.165, 1.54) is 54.9 Å². The van der Waals surface area contributed by atoms with Gasteiger partial charge in [0.05, 0.1) is 0 Å². The van der Waals surface area contributed by atoms with Gasteiger partial charge < -0.3 is 4.42 Å². The lowest BCUT2D eigenvalue weighted by Crippen LogP contribution is -1.93. The minimum atomic E-state index is 0.913. The normalized spacial score (nSPS) is 11.6. The van der Waals surface area contributed by atoms with E-state index in [2.05, 4.69) is 164 Å². The molecule has 0 aliphatic heterocycles. The summed E-state index contributed by atoms with van der Waals surface area (Å²) in [5.74, 6) is 0. The Kier molecular flexibility index (Phi) is 5.89. The van der Waals surface area contributed by atoms with E-state index in [1.807, 2.05) is 6.07 Å². The molecule has 0 aliphatic rings. The number of para-hydroxylation sites is 2. The Bertz CT molecular complexity index is 2520. The summed E-state index contributed by atoms with van der Waals surface area (Å²) >= 11 is 0. The molecule has 210 valence electrons. The fraction of sp³-hybridized carbons (Fsp3) is 0. The molecule has 9 rings (SSSR count). The Balaban J connectivity index is 1.42. The summed E-state index contributed by atoms with van der Waals surface area (Å²) in [5, 5.41) is 7.23. The summed E-state index contributed by atoms with van der Waals surface area (Å²) in [5.41, 5.74) is 11.5. The highest BCUT2D eigenvalue weighted by Crippen LogP contribution is 2.47. The molecule has 0 unspecified atom stereocenters. The quantitative estimate of drug-likeness (QED) is 0.191. The van der Waals surface area contributed by atoms with Gasteiger partial charge in [-0.25, -0.2) is 0 Å². The fourth-order valence-corrected chi connectivity index (χ4v) is 7.10. The number of rotatable bonds is 4. The molecule has 8 aromatic carbocycles. The largest absolute Gasteiger partial charge is 0.455 e. The number of furan rings is 1. The second kappa shape index (κ2) is 10.4. The van der Waals surface area contributed by atoms with Crippen molar-refractivity contribution in [2.45, 2.75) is 0 Å². The Hall–Kier alpha value is -5.92. The lowest BCUT2D eigenvalue weighted by molar-refractivity contribution is 0.670. The smallest absolute Gasteiger partial charge is 0.143 e. The van der Waals surface area contributed by atoms with Gasteiger partial charge in [-0.3, -0.25) is 0 Å². The van der Waals surface area contributed by atoms with E-state index in [0.717, 1.165) is 33.1 Å². The van der Waals surface area contributed by atoms with Crippen LogP contribution in [0.3, 0.4) is 0 Å². The van der Waals surface area contributed by atoms with E-state index in [4.69, 9.17) is 4.42 Å². The zero-order chi connectivity index (χ0) is 29.7. The molecule has 0 aliphatic carbocycles. The Morgan fingerprint density at radius 2 is 0.844 bits per heavy atom. The molecule has 9 aromatic rings. The SMILES string of the molecule is c1ccc(-c2ccccc2-c2c3ccccc3c(-c3ccccc3)c3ccc(-c4cccc5c4oc4ccccc45)cc23)cc1. The molecule has 0 bridgehead atoms. The van der Waals surface area contributed by atoms with Crippen molar-refractivity contribution in [3.63, 3.8) is 0 Å². The average Bonchev–Trinajstić information content (AvgIpc) is 3.50. The molecule has 0 atom stereocenters. The third kappa shape index (κ3) is 4.09. The predicted molar refractivity (Wildman–Crippen MR) is 190 cm³/mol. The van der Waals surface area contributed by atoms with Crippen LogP contribution in [0.1, 0.15) is 0 Å². The lowest BCUT2D eigenvalue weighted by atomic mass is 9.83. The molecule has 1 heteroatoms. The highest BCUT2D eigenvalue weighted by atomic mass is 16.3. The van der Waals surface area contributed by atoms with Crippen LogP contribution in [0.2, 0.25) is 0 Å². The number of hydrogen-bond donors (Lipinski definition) is 0. The van der Waals surface area contributed by atoms with Crippen molar-refractivity contribution in [1.82, 2.24) is 0 Å². The van der Waals surface area contributed by atoms with Crippen molar-refractivity contribution in [3.05, 3.63) is 170 Å². The molecule has 45 heavy (non-hydrogen) atoms. The molecule has 0 saturated heterocycles. The van der Waals surface area contributed by atoms with Gasteiger partial charge in [0, 0.05) is 16.3 Å². The minimum Gasteiger partial charge on any atom is -0.455 e. The second-order valence-electron chi connectivity index (χ2n) is 11.6. The molecule has 1 nitrogen and oxygen atoms in total. The van der Waals surface area contributed by atoms with Crippen LogP contribution in [0, 0.1) is 0 Å². The van der Waals surface area contributed by atoms with Crippen LogP contribution in [0.4, 0.5) is 0 Å². The summed E-state index contributed by atoms with van der Waals surface area (Å²) in [6, 6.07) is 61.0. The van der Waals surface area contributed by atoms with Gasteiger partial charge >= 0.3 is 0 Å². The van der Waals surface area contributed by atoms with Crippen LogP contribution < -0.4 is 0 Å². The van der Waals surface area contributed by atoms with Crippen molar-refractivity contribution in [2.24, 2.45) is 0 Å². The van der Waals surface area contributed by atoms with E-state index in [1.54, 1.807) is 0 Å². The third-order valence-corrected chi connectivity index (χ3v) is 9.08. The first kappa shape index (κ1) is 25.6. The van der Waals surface area contributed by atoms with Gasteiger partial charge in [0.1, 0.15) is 11.2 Å². The molecule has 1 aromatic heterocycles. The van der Waals surface area contributed by atoms with Crippen LogP contribution in [-0.4, -0.2) is 0 Å². The Morgan fingerprint density at radius 3 is 1.62 bits per heavy atom. The molecule has 0 radical (unpaired) electrons. The monoisotopic (exact) mass is 572 g/mol. The van der Waals surface area contributed by atoms with Crippen molar-refractivity contribution in [2.75, 3.05) is 0 Å². The molecule has 0 spiro atoms. The highest BCUT2D eigenvalue weighted by Gasteiger charge is 2.20. The van der Waals surface area contributed by atoms with Crippen LogP contribution >= 0.6 is 0 Å². The fourth-order valence-electron chi connectivity index (χ4n) is 7.10. The van der Waals surface area contributed by atoms with E-state index in [-0.39, 0.29) is 0 Å². The van der Waals surface area contributed by atoms with Gasteiger partial charge in [-0.1, -0.05) is 158 Å². The van der Waals surface area contributed by atoms with Crippen molar-refractivity contribution < 1.29 is 4.42 Å². The molecule has 0 saturated carbocycles. The maximum absolute atomic E-state index is 6.51. The summed E-state index contributed by atoms with van der Waals surface area (Å²) in [6.07, 6.45) is 0. The van der Waals surface area contributed by atoms with E-state index in [9.17, 15) is 0 Å². The van der Waals surface area contributed by atoms with Gasteiger partial charge in [-0.2, -0.15) is 0 Å². The lowest BCUT2D eigenvalue weighted by Gasteiger charge is -2.20. The van der Waals surface area contributed by atoms with Crippen molar-refractivity contribution in [1.29, 1.82) is 0 Å². The molecular weight excluding hydrogens is 544 g/mol. The van der Waals surface area contributed by atoms with Gasteiger partial charge in [-0.15, -0.1) is 0 Å². The molecule has 0 amide bonds.